The molecule has 0 amide bonds. The van der Waals surface area contributed by atoms with Gasteiger partial charge in [0.05, 0.1) is 23.4 Å². The average Bonchev–Trinajstić information content (AvgIpc) is 3.15. The van der Waals surface area contributed by atoms with Gasteiger partial charge in [-0.25, -0.2) is 17.6 Å². The molecule has 1 aliphatic rings. The van der Waals surface area contributed by atoms with Crippen molar-refractivity contribution in [2.24, 2.45) is 0 Å². The first-order valence-corrected chi connectivity index (χ1v) is 9.79. The summed E-state index contributed by atoms with van der Waals surface area (Å²) in [5, 5.41) is 9.20. The van der Waals surface area contributed by atoms with E-state index >= 15 is 0 Å². The third kappa shape index (κ3) is 3.97. The summed E-state index contributed by atoms with van der Waals surface area (Å²) in [7, 11) is -2.80. The van der Waals surface area contributed by atoms with Crippen LogP contribution in [0.1, 0.15) is 23.2 Å². The fraction of sp³-hybridized carbons (Fsp3) is 0.278. The van der Waals surface area contributed by atoms with Gasteiger partial charge in [0.1, 0.15) is 17.1 Å². The molecule has 1 fully saturated rings. The van der Waals surface area contributed by atoms with Crippen molar-refractivity contribution in [3.63, 3.8) is 0 Å². The van der Waals surface area contributed by atoms with Crippen molar-refractivity contribution in [2.75, 3.05) is 29.8 Å². The number of hydrogen-bond acceptors (Lipinski definition) is 5. The Balaban J connectivity index is 1.87. The second-order valence-corrected chi connectivity index (χ2v) is 7.82. The lowest BCUT2D eigenvalue weighted by Gasteiger charge is -2.19. The standard InChI is InChI=1S/C18H19FN2O5S/c1-26-17-7-5-13(11-14(17)18(22)23)27(24,25)20-12-4-6-16(15(19)10-12)21-8-2-3-9-21/h4-7,10-11,20H,2-3,8-9H2,1H3,(H,22,23). The molecule has 1 saturated heterocycles. The minimum absolute atomic E-state index is 0.0439. The van der Waals surface area contributed by atoms with E-state index in [0.29, 0.717) is 5.69 Å². The Labute approximate surface area is 156 Å². The summed E-state index contributed by atoms with van der Waals surface area (Å²) in [6, 6.07) is 7.62. The number of anilines is 2. The van der Waals surface area contributed by atoms with E-state index in [0.717, 1.165) is 38.1 Å². The quantitative estimate of drug-likeness (QED) is 0.782. The molecule has 2 N–H and O–H groups in total. The first-order valence-electron chi connectivity index (χ1n) is 8.30. The molecule has 9 heteroatoms. The van der Waals surface area contributed by atoms with Gasteiger partial charge in [0, 0.05) is 19.2 Å². The predicted octanol–water partition coefficient (Wildman–Crippen LogP) is 2.93. The second-order valence-electron chi connectivity index (χ2n) is 6.13. The van der Waals surface area contributed by atoms with Gasteiger partial charge in [-0.2, -0.15) is 0 Å². The second kappa shape index (κ2) is 7.43. The normalized spacial score (nSPS) is 14.2. The van der Waals surface area contributed by atoms with Crippen LogP contribution in [-0.4, -0.2) is 39.7 Å². The molecular formula is C18H19FN2O5S. The van der Waals surface area contributed by atoms with Crippen molar-refractivity contribution >= 4 is 27.4 Å². The van der Waals surface area contributed by atoms with Crippen molar-refractivity contribution in [3.8, 4) is 5.75 Å². The van der Waals surface area contributed by atoms with Gasteiger partial charge in [-0.3, -0.25) is 4.72 Å². The van der Waals surface area contributed by atoms with Gasteiger partial charge < -0.3 is 14.7 Å². The zero-order valence-electron chi connectivity index (χ0n) is 14.6. The number of ether oxygens (including phenoxy) is 1. The summed E-state index contributed by atoms with van der Waals surface area (Å²) >= 11 is 0. The number of nitrogens with zero attached hydrogens (tertiary/aromatic N) is 1. The molecule has 2 aromatic rings. The summed E-state index contributed by atoms with van der Waals surface area (Å²) < 4.78 is 46.7. The van der Waals surface area contributed by atoms with Gasteiger partial charge >= 0.3 is 5.97 Å². The number of carboxylic acids is 1. The summed E-state index contributed by atoms with van der Waals surface area (Å²) in [6.45, 7) is 1.54. The summed E-state index contributed by atoms with van der Waals surface area (Å²) in [6.07, 6.45) is 1.99. The largest absolute Gasteiger partial charge is 0.496 e. The minimum atomic E-state index is -4.09. The molecule has 3 rings (SSSR count). The molecule has 0 spiro atoms. The van der Waals surface area contributed by atoms with Gasteiger partial charge in [0.15, 0.2) is 0 Å². The maximum atomic E-state index is 14.4. The number of aromatic carboxylic acids is 1. The summed E-state index contributed by atoms with van der Waals surface area (Å²) in [4.78, 5) is 12.9. The maximum absolute atomic E-state index is 14.4. The van der Waals surface area contributed by atoms with E-state index in [1.807, 2.05) is 4.90 Å². The number of halogens is 1. The molecule has 144 valence electrons. The molecule has 7 nitrogen and oxygen atoms in total. The highest BCUT2D eigenvalue weighted by atomic mass is 32.2. The molecule has 0 aromatic heterocycles. The number of carboxylic acid groups (broad SMARTS) is 1. The molecule has 2 aromatic carbocycles. The number of benzene rings is 2. The molecule has 0 unspecified atom stereocenters. The van der Waals surface area contributed by atoms with Crippen LogP contribution in [0.4, 0.5) is 15.8 Å². The predicted molar refractivity (Wildman–Crippen MR) is 98.6 cm³/mol. The first-order chi connectivity index (χ1) is 12.8. The molecule has 0 aliphatic carbocycles. The van der Waals surface area contributed by atoms with Gasteiger partial charge in [-0.1, -0.05) is 0 Å². The van der Waals surface area contributed by atoms with Crippen LogP contribution in [0.5, 0.6) is 5.75 Å². The zero-order valence-corrected chi connectivity index (χ0v) is 15.4. The van der Waals surface area contributed by atoms with Crippen LogP contribution >= 0.6 is 0 Å². The first kappa shape index (κ1) is 19.0. The van der Waals surface area contributed by atoms with Crippen molar-refractivity contribution < 1.29 is 27.4 Å². The van der Waals surface area contributed by atoms with Crippen LogP contribution in [0.15, 0.2) is 41.3 Å². The van der Waals surface area contributed by atoms with Crippen molar-refractivity contribution in [1.82, 2.24) is 0 Å². The summed E-state index contributed by atoms with van der Waals surface area (Å²) in [5.41, 5.74) is 0.215. The third-order valence-electron chi connectivity index (χ3n) is 4.36. The Morgan fingerprint density at radius 2 is 1.89 bits per heavy atom. The smallest absolute Gasteiger partial charge is 0.339 e. The van der Waals surface area contributed by atoms with Crippen LogP contribution in [0.2, 0.25) is 0 Å². The number of methoxy groups -OCH3 is 1. The van der Waals surface area contributed by atoms with Crippen molar-refractivity contribution in [1.29, 1.82) is 0 Å². The van der Waals surface area contributed by atoms with E-state index in [1.54, 1.807) is 0 Å². The van der Waals surface area contributed by atoms with Crippen LogP contribution in [0, 0.1) is 5.82 Å². The van der Waals surface area contributed by atoms with E-state index in [-0.39, 0.29) is 21.9 Å². The molecule has 0 bridgehead atoms. The van der Waals surface area contributed by atoms with Crippen molar-refractivity contribution in [2.45, 2.75) is 17.7 Å². The van der Waals surface area contributed by atoms with E-state index in [9.17, 15) is 22.7 Å². The number of nitrogens with one attached hydrogen (secondary N) is 1. The Morgan fingerprint density at radius 3 is 2.48 bits per heavy atom. The molecule has 0 radical (unpaired) electrons. The highest BCUT2D eigenvalue weighted by Crippen LogP contribution is 2.28. The highest BCUT2D eigenvalue weighted by Gasteiger charge is 2.21. The minimum Gasteiger partial charge on any atom is -0.496 e. The third-order valence-corrected chi connectivity index (χ3v) is 5.74. The molecular weight excluding hydrogens is 375 g/mol. The van der Waals surface area contributed by atoms with E-state index in [2.05, 4.69) is 4.72 Å². The van der Waals surface area contributed by atoms with E-state index < -0.39 is 21.8 Å². The number of rotatable bonds is 6. The Morgan fingerprint density at radius 1 is 1.19 bits per heavy atom. The van der Waals surface area contributed by atoms with Gasteiger partial charge in [0.2, 0.25) is 0 Å². The fourth-order valence-corrected chi connectivity index (χ4v) is 4.10. The molecule has 27 heavy (non-hydrogen) atoms. The van der Waals surface area contributed by atoms with Crippen molar-refractivity contribution in [3.05, 3.63) is 47.8 Å². The topological polar surface area (TPSA) is 95.9 Å². The Kier molecular flexibility index (Phi) is 5.22. The Hall–Kier alpha value is -2.81. The van der Waals surface area contributed by atoms with E-state index in [1.165, 1.54) is 31.4 Å². The number of hydrogen-bond donors (Lipinski definition) is 2. The molecule has 1 aliphatic heterocycles. The molecule has 0 atom stereocenters. The maximum Gasteiger partial charge on any atom is 0.339 e. The fourth-order valence-electron chi connectivity index (χ4n) is 3.02. The van der Waals surface area contributed by atoms with E-state index in [4.69, 9.17) is 4.74 Å². The highest BCUT2D eigenvalue weighted by molar-refractivity contribution is 7.92. The molecule has 0 saturated carbocycles. The van der Waals surface area contributed by atoms with Gasteiger partial charge in [-0.15, -0.1) is 0 Å². The number of carbonyl (C=O) groups is 1. The van der Waals surface area contributed by atoms with Crippen LogP contribution in [0.3, 0.4) is 0 Å². The zero-order chi connectivity index (χ0) is 19.6. The lowest BCUT2D eigenvalue weighted by molar-refractivity contribution is 0.0693. The summed E-state index contributed by atoms with van der Waals surface area (Å²) in [5.74, 6) is -1.79. The number of sulfonamides is 1. The average molecular weight is 394 g/mol. The Bertz CT molecular complexity index is 972. The van der Waals surface area contributed by atoms with Crippen LogP contribution < -0.4 is 14.4 Å². The SMILES string of the molecule is COc1ccc(S(=O)(=O)Nc2ccc(N3CCCC3)c(F)c2)cc1C(=O)O. The van der Waals surface area contributed by atoms with Crippen LogP contribution in [0.25, 0.3) is 0 Å². The van der Waals surface area contributed by atoms with Crippen LogP contribution in [-0.2, 0) is 10.0 Å². The lowest BCUT2D eigenvalue weighted by Crippen LogP contribution is -2.19. The van der Waals surface area contributed by atoms with Gasteiger partial charge in [-0.05, 0) is 43.2 Å². The monoisotopic (exact) mass is 394 g/mol. The van der Waals surface area contributed by atoms with Gasteiger partial charge in [0.25, 0.3) is 10.0 Å². The molecule has 1 heterocycles. The lowest BCUT2D eigenvalue weighted by atomic mass is 10.2.